The highest BCUT2D eigenvalue weighted by atomic mass is 16.5. The fourth-order valence-corrected chi connectivity index (χ4v) is 3.13. The third kappa shape index (κ3) is 4.02. The van der Waals surface area contributed by atoms with E-state index < -0.39 is 0 Å². The van der Waals surface area contributed by atoms with Gasteiger partial charge in [0.2, 0.25) is 5.88 Å². The molecule has 1 aromatic rings. The summed E-state index contributed by atoms with van der Waals surface area (Å²) in [4.78, 5) is 4.56. The third-order valence-corrected chi connectivity index (χ3v) is 4.75. The van der Waals surface area contributed by atoms with Crippen LogP contribution in [0.25, 0.3) is 0 Å². The van der Waals surface area contributed by atoms with Crippen molar-refractivity contribution in [3.8, 4) is 5.88 Å². The summed E-state index contributed by atoms with van der Waals surface area (Å²) in [5.41, 5.74) is 6.59. The maximum absolute atomic E-state index is 5.96. The van der Waals surface area contributed by atoms with Crippen LogP contribution in [-0.4, -0.2) is 17.6 Å². The minimum Gasteiger partial charge on any atom is -0.476 e. The van der Waals surface area contributed by atoms with E-state index in [0.717, 1.165) is 18.3 Å². The van der Waals surface area contributed by atoms with Crippen molar-refractivity contribution in [3.63, 3.8) is 0 Å². The van der Waals surface area contributed by atoms with Crippen molar-refractivity contribution >= 4 is 11.5 Å². The molecule has 0 aliphatic heterocycles. The van der Waals surface area contributed by atoms with E-state index in [2.05, 4.69) is 17.2 Å². The Morgan fingerprint density at radius 3 is 2.86 bits per heavy atom. The number of pyridine rings is 1. The molecule has 2 aliphatic rings. The number of nitrogens with two attached hydrogens (primary N) is 1. The Hall–Kier alpha value is -1.45. The summed E-state index contributed by atoms with van der Waals surface area (Å²) in [6.45, 7) is 3.04. The summed E-state index contributed by atoms with van der Waals surface area (Å²) in [6.07, 6.45) is 9.01. The van der Waals surface area contributed by atoms with Gasteiger partial charge in [0.15, 0.2) is 0 Å². The Bertz CT molecular complexity index is 473. The first-order valence-electron chi connectivity index (χ1n) is 8.40. The molecule has 0 aromatic carbocycles. The van der Waals surface area contributed by atoms with Crippen molar-refractivity contribution < 1.29 is 4.74 Å². The molecule has 3 rings (SSSR count). The number of rotatable bonds is 6. The van der Waals surface area contributed by atoms with Crippen molar-refractivity contribution in [1.29, 1.82) is 0 Å². The van der Waals surface area contributed by atoms with Crippen LogP contribution in [-0.2, 0) is 0 Å². The number of hydrogen-bond donors (Lipinski definition) is 2. The number of nitrogen functional groups attached to an aromatic ring is 1. The van der Waals surface area contributed by atoms with Crippen LogP contribution < -0.4 is 15.8 Å². The predicted molar refractivity (Wildman–Crippen MR) is 86.5 cm³/mol. The first-order chi connectivity index (χ1) is 10.2. The first kappa shape index (κ1) is 14.5. The van der Waals surface area contributed by atoms with Crippen molar-refractivity contribution in [1.82, 2.24) is 4.98 Å². The summed E-state index contributed by atoms with van der Waals surface area (Å²) >= 11 is 0. The Kier molecular flexibility index (Phi) is 4.51. The highest BCUT2D eigenvalue weighted by Gasteiger charge is 2.23. The predicted octanol–water partition coefficient (Wildman–Crippen LogP) is 3.83. The van der Waals surface area contributed by atoms with Crippen LogP contribution in [0.2, 0.25) is 0 Å². The minimum atomic E-state index is 0.538. The van der Waals surface area contributed by atoms with Crippen molar-refractivity contribution in [2.24, 2.45) is 11.8 Å². The average molecular weight is 289 g/mol. The largest absolute Gasteiger partial charge is 0.476 e. The fourth-order valence-electron chi connectivity index (χ4n) is 3.13. The molecule has 2 saturated carbocycles. The van der Waals surface area contributed by atoms with Gasteiger partial charge in [-0.2, -0.15) is 4.98 Å². The van der Waals surface area contributed by atoms with Gasteiger partial charge in [-0.05, 0) is 49.7 Å². The molecule has 116 valence electrons. The van der Waals surface area contributed by atoms with E-state index in [0.29, 0.717) is 23.5 Å². The zero-order valence-electron chi connectivity index (χ0n) is 13.0. The van der Waals surface area contributed by atoms with E-state index in [1.807, 2.05) is 12.1 Å². The second-order valence-electron chi connectivity index (χ2n) is 6.63. The zero-order valence-corrected chi connectivity index (χ0v) is 13.0. The molecule has 2 atom stereocenters. The van der Waals surface area contributed by atoms with Crippen LogP contribution in [0, 0.1) is 11.8 Å². The lowest BCUT2D eigenvalue weighted by molar-refractivity contribution is 0.290. The minimum absolute atomic E-state index is 0.538. The van der Waals surface area contributed by atoms with Crippen LogP contribution >= 0.6 is 0 Å². The standard InChI is InChI=1S/C17H27N3O/c1-2-12-4-3-5-14(10-12)19-16-9-8-15(18)17(20-16)21-11-13-6-7-13/h8-9,12-14H,2-7,10-11,18H2,1H3,(H,19,20). The maximum atomic E-state index is 5.96. The van der Waals surface area contributed by atoms with E-state index in [9.17, 15) is 0 Å². The molecular formula is C17H27N3O. The van der Waals surface area contributed by atoms with Crippen LogP contribution in [0.1, 0.15) is 51.9 Å². The number of aromatic nitrogens is 1. The van der Waals surface area contributed by atoms with E-state index >= 15 is 0 Å². The molecule has 0 radical (unpaired) electrons. The van der Waals surface area contributed by atoms with E-state index in [1.54, 1.807) is 0 Å². The second-order valence-corrected chi connectivity index (χ2v) is 6.63. The molecule has 1 heterocycles. The van der Waals surface area contributed by atoms with Gasteiger partial charge in [0.1, 0.15) is 5.82 Å². The van der Waals surface area contributed by atoms with Crippen molar-refractivity contribution in [2.75, 3.05) is 17.7 Å². The van der Waals surface area contributed by atoms with Crippen LogP contribution in [0.5, 0.6) is 5.88 Å². The summed E-state index contributed by atoms with van der Waals surface area (Å²) in [6, 6.07) is 4.41. The van der Waals surface area contributed by atoms with Gasteiger partial charge in [-0.1, -0.05) is 26.2 Å². The molecule has 2 fully saturated rings. The monoisotopic (exact) mass is 289 g/mol. The Morgan fingerprint density at radius 2 is 2.10 bits per heavy atom. The molecule has 2 unspecified atom stereocenters. The van der Waals surface area contributed by atoms with Crippen LogP contribution in [0.4, 0.5) is 11.5 Å². The topological polar surface area (TPSA) is 60.2 Å². The van der Waals surface area contributed by atoms with E-state index in [1.165, 1.54) is 44.9 Å². The van der Waals surface area contributed by atoms with E-state index in [4.69, 9.17) is 10.5 Å². The quantitative estimate of drug-likeness (QED) is 0.835. The highest BCUT2D eigenvalue weighted by Crippen LogP contribution is 2.32. The molecule has 4 nitrogen and oxygen atoms in total. The lowest BCUT2D eigenvalue weighted by atomic mass is 9.84. The van der Waals surface area contributed by atoms with Gasteiger partial charge in [0.25, 0.3) is 0 Å². The maximum Gasteiger partial charge on any atom is 0.239 e. The van der Waals surface area contributed by atoms with Crippen LogP contribution in [0.15, 0.2) is 12.1 Å². The van der Waals surface area contributed by atoms with Gasteiger partial charge in [-0.3, -0.25) is 0 Å². The number of ether oxygens (including phenoxy) is 1. The summed E-state index contributed by atoms with van der Waals surface area (Å²) in [7, 11) is 0. The molecule has 0 saturated heterocycles. The normalized spacial score (nSPS) is 25.6. The van der Waals surface area contributed by atoms with Gasteiger partial charge in [-0.15, -0.1) is 0 Å². The molecule has 1 aromatic heterocycles. The number of hydrogen-bond acceptors (Lipinski definition) is 4. The third-order valence-electron chi connectivity index (χ3n) is 4.75. The van der Waals surface area contributed by atoms with Crippen LogP contribution in [0.3, 0.4) is 0 Å². The molecule has 4 heteroatoms. The van der Waals surface area contributed by atoms with Crippen molar-refractivity contribution in [3.05, 3.63) is 12.1 Å². The lowest BCUT2D eigenvalue weighted by Crippen LogP contribution is -2.27. The average Bonchev–Trinajstić information content (AvgIpc) is 3.32. The molecule has 0 spiro atoms. The summed E-state index contributed by atoms with van der Waals surface area (Å²) in [5.74, 6) is 3.06. The van der Waals surface area contributed by atoms with Gasteiger partial charge < -0.3 is 15.8 Å². The molecule has 2 aliphatic carbocycles. The van der Waals surface area contributed by atoms with E-state index in [-0.39, 0.29) is 0 Å². The Labute approximate surface area is 127 Å². The number of anilines is 2. The molecule has 0 bridgehead atoms. The number of nitrogens with zero attached hydrogens (tertiary/aromatic N) is 1. The van der Waals surface area contributed by atoms with Gasteiger partial charge >= 0.3 is 0 Å². The Morgan fingerprint density at radius 1 is 1.24 bits per heavy atom. The van der Waals surface area contributed by atoms with Gasteiger partial charge in [0, 0.05) is 6.04 Å². The smallest absolute Gasteiger partial charge is 0.239 e. The number of nitrogens with one attached hydrogen (secondary N) is 1. The molecule has 0 amide bonds. The highest BCUT2D eigenvalue weighted by molar-refractivity contribution is 5.53. The molecule has 3 N–H and O–H groups in total. The van der Waals surface area contributed by atoms with Gasteiger partial charge in [0.05, 0.1) is 12.3 Å². The lowest BCUT2D eigenvalue weighted by Gasteiger charge is -2.29. The Balaban J connectivity index is 1.60. The molecule has 21 heavy (non-hydrogen) atoms. The second kappa shape index (κ2) is 6.54. The molecular weight excluding hydrogens is 262 g/mol. The zero-order chi connectivity index (χ0) is 14.7. The summed E-state index contributed by atoms with van der Waals surface area (Å²) in [5, 5.41) is 3.57. The van der Waals surface area contributed by atoms with Gasteiger partial charge in [-0.25, -0.2) is 0 Å². The summed E-state index contributed by atoms with van der Waals surface area (Å²) < 4.78 is 5.76. The SMILES string of the molecule is CCC1CCCC(Nc2ccc(N)c(OCC3CC3)n2)C1. The first-order valence-corrected chi connectivity index (χ1v) is 8.40. The fraction of sp³-hybridized carbons (Fsp3) is 0.706. The van der Waals surface area contributed by atoms with Crippen molar-refractivity contribution in [2.45, 2.75) is 57.9 Å².